The van der Waals surface area contributed by atoms with Crippen LogP contribution in [0.1, 0.15) is 37.3 Å². The summed E-state index contributed by atoms with van der Waals surface area (Å²) in [6.45, 7) is 0. The Kier molecular flexibility index (Phi) is 5.19. The summed E-state index contributed by atoms with van der Waals surface area (Å²) in [5, 5.41) is 7.29. The van der Waals surface area contributed by atoms with Gasteiger partial charge in [-0.2, -0.15) is 5.10 Å². The van der Waals surface area contributed by atoms with Crippen LogP contribution in [0.4, 0.5) is 5.69 Å². The molecule has 4 rings (SSSR count). The van der Waals surface area contributed by atoms with Gasteiger partial charge in [-0.25, -0.2) is 0 Å². The van der Waals surface area contributed by atoms with Gasteiger partial charge in [0.15, 0.2) is 6.04 Å². The molecular formula is C22H23N3O2. The van der Waals surface area contributed by atoms with Crippen LogP contribution in [0.15, 0.2) is 73.1 Å². The van der Waals surface area contributed by atoms with Crippen molar-refractivity contribution < 1.29 is 9.53 Å². The predicted molar refractivity (Wildman–Crippen MR) is 105 cm³/mol. The lowest BCUT2D eigenvalue weighted by Crippen LogP contribution is -2.27. The number of benzene rings is 2. The van der Waals surface area contributed by atoms with Gasteiger partial charge in [-0.05, 0) is 49.4 Å². The summed E-state index contributed by atoms with van der Waals surface area (Å²) in [6, 6.07) is 18.6. The van der Waals surface area contributed by atoms with Crippen molar-refractivity contribution in [3.63, 3.8) is 0 Å². The molecule has 1 aliphatic carbocycles. The molecule has 2 aromatic carbocycles. The van der Waals surface area contributed by atoms with E-state index in [0.717, 1.165) is 29.8 Å². The van der Waals surface area contributed by atoms with Crippen molar-refractivity contribution >= 4 is 11.6 Å². The molecule has 5 heteroatoms. The lowest BCUT2D eigenvalue weighted by Gasteiger charge is -2.19. The number of nitrogens with zero attached hydrogens (tertiary/aromatic N) is 2. The molecule has 0 radical (unpaired) electrons. The van der Waals surface area contributed by atoms with Crippen molar-refractivity contribution in [3.05, 3.63) is 78.6 Å². The van der Waals surface area contributed by atoms with Gasteiger partial charge in [0, 0.05) is 24.1 Å². The highest BCUT2D eigenvalue weighted by Crippen LogP contribution is 2.26. The Morgan fingerprint density at radius 2 is 1.89 bits per heavy atom. The predicted octanol–water partition coefficient (Wildman–Crippen LogP) is 4.43. The summed E-state index contributed by atoms with van der Waals surface area (Å²) in [5.74, 6) is 0.665. The molecule has 1 atom stereocenters. The van der Waals surface area contributed by atoms with Crippen molar-refractivity contribution in [2.75, 3.05) is 5.32 Å². The smallest absolute Gasteiger partial charge is 0.253 e. The molecule has 1 aromatic heterocycles. The minimum absolute atomic E-state index is 0.136. The zero-order valence-corrected chi connectivity index (χ0v) is 15.1. The second kappa shape index (κ2) is 8.08. The maximum atomic E-state index is 13.1. The van der Waals surface area contributed by atoms with Crippen LogP contribution in [0.25, 0.3) is 0 Å². The molecule has 1 amide bonds. The van der Waals surface area contributed by atoms with Crippen molar-refractivity contribution in [1.29, 1.82) is 0 Å². The first-order valence-electron chi connectivity index (χ1n) is 9.41. The number of nitrogens with one attached hydrogen (secondary N) is 1. The van der Waals surface area contributed by atoms with Crippen molar-refractivity contribution in [2.24, 2.45) is 0 Å². The number of amides is 1. The van der Waals surface area contributed by atoms with Crippen LogP contribution >= 0.6 is 0 Å². The zero-order valence-electron chi connectivity index (χ0n) is 15.1. The Morgan fingerprint density at radius 3 is 2.63 bits per heavy atom. The van der Waals surface area contributed by atoms with Crippen LogP contribution in [0.3, 0.4) is 0 Å². The largest absolute Gasteiger partial charge is 0.490 e. The number of carbonyl (C=O) groups excluding carboxylic acids is 1. The number of aromatic nitrogens is 2. The van der Waals surface area contributed by atoms with Crippen LogP contribution in [-0.4, -0.2) is 21.8 Å². The minimum atomic E-state index is -0.527. The Morgan fingerprint density at radius 1 is 1.07 bits per heavy atom. The molecule has 1 fully saturated rings. The second-order valence-corrected chi connectivity index (χ2v) is 6.84. The monoisotopic (exact) mass is 361 g/mol. The average Bonchev–Trinajstić information content (AvgIpc) is 3.38. The summed E-state index contributed by atoms with van der Waals surface area (Å²) in [5.41, 5.74) is 1.61. The van der Waals surface area contributed by atoms with Gasteiger partial charge >= 0.3 is 0 Å². The van der Waals surface area contributed by atoms with E-state index in [2.05, 4.69) is 10.4 Å². The molecule has 0 spiro atoms. The summed E-state index contributed by atoms with van der Waals surface area (Å²) < 4.78 is 7.72. The SMILES string of the molecule is O=C(Nc1cccc(OC2CCCC2)c1)C(c1ccccc1)n1cccn1. The Labute approximate surface area is 159 Å². The van der Waals surface area contributed by atoms with E-state index in [-0.39, 0.29) is 12.0 Å². The third-order valence-electron chi connectivity index (χ3n) is 4.86. The van der Waals surface area contributed by atoms with Crippen LogP contribution in [-0.2, 0) is 4.79 Å². The first-order chi connectivity index (χ1) is 13.3. The van der Waals surface area contributed by atoms with Crippen LogP contribution in [0, 0.1) is 0 Å². The van der Waals surface area contributed by atoms with E-state index in [9.17, 15) is 4.79 Å². The minimum Gasteiger partial charge on any atom is -0.490 e. The van der Waals surface area contributed by atoms with Gasteiger partial charge in [0.1, 0.15) is 5.75 Å². The van der Waals surface area contributed by atoms with E-state index in [0.29, 0.717) is 0 Å². The first-order valence-corrected chi connectivity index (χ1v) is 9.41. The van der Waals surface area contributed by atoms with Gasteiger partial charge in [0.2, 0.25) is 0 Å². The highest BCUT2D eigenvalue weighted by molar-refractivity contribution is 5.95. The fourth-order valence-corrected chi connectivity index (χ4v) is 3.55. The number of hydrogen-bond donors (Lipinski definition) is 1. The molecule has 1 aliphatic rings. The Hall–Kier alpha value is -3.08. The molecule has 1 heterocycles. The number of rotatable bonds is 6. The van der Waals surface area contributed by atoms with Crippen molar-refractivity contribution in [3.8, 4) is 5.75 Å². The van der Waals surface area contributed by atoms with E-state index < -0.39 is 6.04 Å². The molecule has 1 saturated carbocycles. The van der Waals surface area contributed by atoms with Gasteiger partial charge in [0.25, 0.3) is 5.91 Å². The van der Waals surface area contributed by atoms with Crippen LogP contribution in [0.5, 0.6) is 5.75 Å². The molecule has 1 unspecified atom stereocenters. The second-order valence-electron chi connectivity index (χ2n) is 6.84. The molecule has 0 bridgehead atoms. The van der Waals surface area contributed by atoms with Crippen molar-refractivity contribution in [2.45, 2.75) is 37.8 Å². The zero-order chi connectivity index (χ0) is 18.5. The number of hydrogen-bond acceptors (Lipinski definition) is 3. The number of carbonyl (C=O) groups is 1. The number of ether oxygens (including phenoxy) is 1. The Bertz CT molecular complexity index is 872. The van der Waals surface area contributed by atoms with Gasteiger partial charge in [-0.1, -0.05) is 36.4 Å². The van der Waals surface area contributed by atoms with E-state index in [1.54, 1.807) is 17.1 Å². The summed E-state index contributed by atoms with van der Waals surface area (Å²) in [7, 11) is 0. The fraction of sp³-hybridized carbons (Fsp3) is 0.273. The normalized spacial score (nSPS) is 15.4. The maximum absolute atomic E-state index is 13.1. The molecule has 1 N–H and O–H groups in total. The third-order valence-corrected chi connectivity index (χ3v) is 4.86. The van der Waals surface area contributed by atoms with Gasteiger partial charge in [0.05, 0.1) is 6.10 Å². The third kappa shape index (κ3) is 4.19. The molecule has 0 saturated heterocycles. The van der Waals surface area contributed by atoms with E-state index in [4.69, 9.17) is 4.74 Å². The summed E-state index contributed by atoms with van der Waals surface area (Å²) in [4.78, 5) is 13.1. The van der Waals surface area contributed by atoms with Crippen LogP contribution < -0.4 is 10.1 Å². The average molecular weight is 361 g/mol. The number of anilines is 1. The molecule has 27 heavy (non-hydrogen) atoms. The standard InChI is InChI=1S/C22H23N3O2/c26-22(21(25-15-7-14-23-25)17-8-2-1-3-9-17)24-18-10-6-13-20(16-18)27-19-11-4-5-12-19/h1-3,6-10,13-16,19,21H,4-5,11-12H2,(H,24,26). The molecule has 0 aliphatic heterocycles. The highest BCUT2D eigenvalue weighted by Gasteiger charge is 2.23. The first kappa shape index (κ1) is 17.3. The molecular weight excluding hydrogens is 338 g/mol. The molecule has 138 valence electrons. The summed E-state index contributed by atoms with van der Waals surface area (Å²) >= 11 is 0. The lowest BCUT2D eigenvalue weighted by atomic mass is 10.1. The maximum Gasteiger partial charge on any atom is 0.253 e. The molecule has 5 nitrogen and oxygen atoms in total. The highest BCUT2D eigenvalue weighted by atomic mass is 16.5. The van der Waals surface area contributed by atoms with Crippen molar-refractivity contribution in [1.82, 2.24) is 9.78 Å². The quantitative estimate of drug-likeness (QED) is 0.706. The van der Waals surface area contributed by atoms with Crippen LogP contribution in [0.2, 0.25) is 0 Å². The Balaban J connectivity index is 1.53. The van der Waals surface area contributed by atoms with E-state index >= 15 is 0 Å². The van der Waals surface area contributed by atoms with E-state index in [1.165, 1.54) is 12.8 Å². The van der Waals surface area contributed by atoms with Gasteiger partial charge in [-0.3, -0.25) is 9.48 Å². The topological polar surface area (TPSA) is 56.1 Å². The van der Waals surface area contributed by atoms with E-state index in [1.807, 2.05) is 60.7 Å². The fourth-order valence-electron chi connectivity index (χ4n) is 3.55. The summed E-state index contributed by atoms with van der Waals surface area (Å²) in [6.07, 6.45) is 8.43. The van der Waals surface area contributed by atoms with Gasteiger partial charge in [-0.15, -0.1) is 0 Å². The lowest BCUT2D eigenvalue weighted by molar-refractivity contribution is -0.118. The molecule has 3 aromatic rings. The van der Waals surface area contributed by atoms with Gasteiger partial charge < -0.3 is 10.1 Å².